The van der Waals surface area contributed by atoms with Gasteiger partial charge in [-0.15, -0.1) is 0 Å². The first-order valence-electron chi connectivity index (χ1n) is 7.20. The van der Waals surface area contributed by atoms with Gasteiger partial charge in [-0.25, -0.2) is 4.98 Å². The minimum absolute atomic E-state index is 0.343. The third-order valence-corrected chi connectivity index (χ3v) is 3.57. The van der Waals surface area contributed by atoms with Gasteiger partial charge in [0.1, 0.15) is 11.9 Å². The number of pyridine rings is 1. The SMILES string of the molecule is O=CON(c1cccc(-c2cnc3ccccn23)c1)c1ccon1. The maximum absolute atomic E-state index is 10.8. The van der Waals surface area contributed by atoms with E-state index in [0.717, 1.165) is 16.9 Å². The van der Waals surface area contributed by atoms with Crippen LogP contribution in [-0.2, 0) is 9.63 Å². The molecule has 0 amide bonds. The average Bonchev–Trinajstić information content (AvgIpc) is 3.29. The van der Waals surface area contributed by atoms with E-state index in [1.54, 1.807) is 12.3 Å². The van der Waals surface area contributed by atoms with Gasteiger partial charge in [0.2, 0.25) is 5.82 Å². The molecule has 3 heterocycles. The largest absolute Gasteiger partial charge is 0.363 e. The molecule has 7 heteroatoms. The van der Waals surface area contributed by atoms with E-state index in [9.17, 15) is 4.79 Å². The molecule has 7 nitrogen and oxygen atoms in total. The van der Waals surface area contributed by atoms with Crippen LogP contribution in [0.3, 0.4) is 0 Å². The topological polar surface area (TPSA) is 72.9 Å². The van der Waals surface area contributed by atoms with Gasteiger partial charge in [0.05, 0.1) is 17.6 Å². The van der Waals surface area contributed by atoms with Crippen molar-refractivity contribution in [1.82, 2.24) is 14.5 Å². The number of carbonyl (C=O) groups is 1. The molecule has 0 radical (unpaired) electrons. The molecule has 3 aromatic heterocycles. The van der Waals surface area contributed by atoms with Crippen LogP contribution in [-0.4, -0.2) is 21.0 Å². The van der Waals surface area contributed by atoms with Gasteiger partial charge in [-0.05, 0) is 24.3 Å². The molecule has 0 aliphatic heterocycles. The molecule has 4 rings (SSSR count). The second-order valence-electron chi connectivity index (χ2n) is 4.98. The van der Waals surface area contributed by atoms with Crippen molar-refractivity contribution in [2.45, 2.75) is 0 Å². The molecule has 0 spiro atoms. The summed E-state index contributed by atoms with van der Waals surface area (Å²) >= 11 is 0. The number of anilines is 2. The van der Waals surface area contributed by atoms with Crippen molar-refractivity contribution >= 4 is 23.6 Å². The van der Waals surface area contributed by atoms with Crippen LogP contribution in [0.2, 0.25) is 0 Å². The van der Waals surface area contributed by atoms with Crippen molar-refractivity contribution in [1.29, 1.82) is 0 Å². The van der Waals surface area contributed by atoms with E-state index >= 15 is 0 Å². The van der Waals surface area contributed by atoms with Crippen LogP contribution < -0.4 is 5.06 Å². The second kappa shape index (κ2) is 5.88. The number of rotatable bonds is 5. The molecule has 0 fully saturated rings. The maximum atomic E-state index is 10.8. The summed E-state index contributed by atoms with van der Waals surface area (Å²) in [5.41, 5.74) is 3.35. The highest BCUT2D eigenvalue weighted by Gasteiger charge is 2.15. The monoisotopic (exact) mass is 320 g/mol. The highest BCUT2D eigenvalue weighted by atomic mass is 16.7. The number of imidazole rings is 1. The second-order valence-corrected chi connectivity index (χ2v) is 4.98. The van der Waals surface area contributed by atoms with E-state index in [4.69, 9.17) is 9.36 Å². The lowest BCUT2D eigenvalue weighted by Gasteiger charge is -2.18. The summed E-state index contributed by atoms with van der Waals surface area (Å²) in [5, 5.41) is 5.10. The summed E-state index contributed by atoms with van der Waals surface area (Å²) < 4.78 is 6.81. The third kappa shape index (κ3) is 2.38. The van der Waals surface area contributed by atoms with E-state index in [1.807, 2.05) is 53.1 Å². The molecule has 0 aliphatic carbocycles. The molecule has 1 aromatic carbocycles. The Morgan fingerprint density at radius 2 is 2.12 bits per heavy atom. The van der Waals surface area contributed by atoms with Crippen molar-refractivity contribution in [3.05, 3.63) is 67.2 Å². The smallest absolute Gasteiger partial charge is 0.321 e. The van der Waals surface area contributed by atoms with Crippen molar-refractivity contribution in [3.8, 4) is 11.3 Å². The maximum Gasteiger partial charge on any atom is 0.321 e. The minimum atomic E-state index is 0.343. The van der Waals surface area contributed by atoms with Crippen LogP contribution >= 0.6 is 0 Å². The van der Waals surface area contributed by atoms with E-state index in [0.29, 0.717) is 18.0 Å². The molecule has 0 bridgehead atoms. The number of hydrogen-bond donors (Lipinski definition) is 0. The molecule has 4 aromatic rings. The van der Waals surface area contributed by atoms with Crippen LogP contribution in [0.25, 0.3) is 16.9 Å². The van der Waals surface area contributed by atoms with Crippen LogP contribution in [0.1, 0.15) is 0 Å². The summed E-state index contributed by atoms with van der Waals surface area (Å²) in [6.45, 7) is 0.343. The van der Waals surface area contributed by atoms with Crippen LogP contribution in [0.5, 0.6) is 0 Å². The van der Waals surface area contributed by atoms with E-state index < -0.39 is 0 Å². The summed E-state index contributed by atoms with van der Waals surface area (Å²) in [6, 6.07) is 14.9. The van der Waals surface area contributed by atoms with Gasteiger partial charge in [0.15, 0.2) is 0 Å². The molecular weight excluding hydrogens is 308 g/mol. The number of hydrogen-bond acceptors (Lipinski definition) is 6. The first-order valence-corrected chi connectivity index (χ1v) is 7.20. The quantitative estimate of drug-likeness (QED) is 0.415. The van der Waals surface area contributed by atoms with Crippen molar-refractivity contribution in [3.63, 3.8) is 0 Å². The predicted molar refractivity (Wildman–Crippen MR) is 86.4 cm³/mol. The zero-order valence-electron chi connectivity index (χ0n) is 12.4. The van der Waals surface area contributed by atoms with Crippen molar-refractivity contribution in [2.75, 3.05) is 5.06 Å². The predicted octanol–water partition coefficient (Wildman–Crippen LogP) is 3.22. The number of fused-ring (bicyclic) bond motifs is 1. The Labute approximate surface area is 136 Å². The molecule has 0 atom stereocenters. The van der Waals surface area contributed by atoms with Gasteiger partial charge in [-0.2, -0.15) is 5.06 Å². The minimum Gasteiger partial charge on any atom is -0.363 e. The molecule has 0 N–H and O–H groups in total. The van der Waals surface area contributed by atoms with Crippen LogP contribution in [0, 0.1) is 0 Å². The van der Waals surface area contributed by atoms with E-state index in [-0.39, 0.29) is 0 Å². The molecule has 0 saturated heterocycles. The Balaban J connectivity index is 1.79. The van der Waals surface area contributed by atoms with Crippen molar-refractivity contribution in [2.24, 2.45) is 0 Å². The van der Waals surface area contributed by atoms with Gasteiger partial charge < -0.3 is 9.36 Å². The zero-order chi connectivity index (χ0) is 16.4. The first-order chi connectivity index (χ1) is 11.9. The molecule has 0 saturated carbocycles. The lowest BCUT2D eigenvalue weighted by molar-refractivity contribution is -0.128. The third-order valence-electron chi connectivity index (χ3n) is 3.57. The number of nitrogens with zero attached hydrogens (tertiary/aromatic N) is 4. The number of aromatic nitrogens is 3. The van der Waals surface area contributed by atoms with Gasteiger partial charge in [0.25, 0.3) is 0 Å². The highest BCUT2D eigenvalue weighted by molar-refractivity contribution is 5.70. The van der Waals surface area contributed by atoms with Crippen LogP contribution in [0.15, 0.2) is 71.7 Å². The van der Waals surface area contributed by atoms with Gasteiger partial charge >= 0.3 is 6.47 Å². The highest BCUT2D eigenvalue weighted by Crippen LogP contribution is 2.29. The summed E-state index contributed by atoms with van der Waals surface area (Å²) in [5.74, 6) is 0.373. The first kappa shape index (κ1) is 14.0. The molecular formula is C17H12N4O3. The Kier molecular flexibility index (Phi) is 3.43. The van der Waals surface area contributed by atoms with Gasteiger partial charge in [-0.1, -0.05) is 23.4 Å². The Morgan fingerprint density at radius 1 is 1.17 bits per heavy atom. The fourth-order valence-electron chi connectivity index (χ4n) is 2.54. The fourth-order valence-corrected chi connectivity index (χ4v) is 2.54. The summed E-state index contributed by atoms with van der Waals surface area (Å²) in [4.78, 5) is 20.3. The Hall–Kier alpha value is -3.61. The molecule has 0 aliphatic rings. The fraction of sp³-hybridized carbons (Fsp3) is 0. The Bertz CT molecular complexity index is 978. The summed E-state index contributed by atoms with van der Waals surface area (Å²) in [6.07, 6.45) is 5.15. The molecule has 24 heavy (non-hydrogen) atoms. The van der Waals surface area contributed by atoms with Gasteiger partial charge in [-0.3, -0.25) is 9.20 Å². The normalized spacial score (nSPS) is 10.7. The number of benzene rings is 1. The van der Waals surface area contributed by atoms with E-state index in [1.165, 1.54) is 11.3 Å². The average molecular weight is 320 g/mol. The van der Waals surface area contributed by atoms with Gasteiger partial charge in [0, 0.05) is 17.8 Å². The molecule has 0 unspecified atom stereocenters. The number of carbonyl (C=O) groups excluding carboxylic acids is 1. The lowest BCUT2D eigenvalue weighted by atomic mass is 10.1. The zero-order valence-corrected chi connectivity index (χ0v) is 12.4. The summed E-state index contributed by atoms with van der Waals surface area (Å²) in [7, 11) is 0. The molecule has 118 valence electrons. The van der Waals surface area contributed by atoms with Crippen molar-refractivity contribution < 1.29 is 14.2 Å². The van der Waals surface area contributed by atoms with Crippen LogP contribution in [0.4, 0.5) is 11.5 Å². The standard InChI is InChI=1S/C17H12N4O3/c22-12-24-21(17-7-9-23-19-17)14-5-3-4-13(10-14)15-11-18-16-6-1-2-8-20(15)16/h1-12H. The van der Waals surface area contributed by atoms with E-state index in [2.05, 4.69) is 10.1 Å². The Morgan fingerprint density at radius 3 is 2.96 bits per heavy atom. The lowest BCUT2D eigenvalue weighted by Crippen LogP contribution is -2.17.